The molecule has 0 unspecified atom stereocenters. The lowest BCUT2D eigenvalue weighted by Crippen LogP contribution is -2.19. The lowest BCUT2D eigenvalue weighted by Gasteiger charge is -2.26. The first kappa shape index (κ1) is 28.7. The molecule has 38 heavy (non-hydrogen) atoms. The van der Waals surface area contributed by atoms with Crippen LogP contribution < -0.4 is 10.1 Å². The minimum Gasteiger partial charge on any atom is -0.485 e. The van der Waals surface area contributed by atoms with Gasteiger partial charge in [-0.25, -0.2) is 0 Å². The van der Waals surface area contributed by atoms with E-state index in [2.05, 4.69) is 88.0 Å². The molecule has 0 saturated heterocycles. The van der Waals surface area contributed by atoms with E-state index < -0.39 is 0 Å². The first-order valence-electron chi connectivity index (χ1n) is 13.5. The predicted octanol–water partition coefficient (Wildman–Crippen LogP) is 8.21. The number of benzene rings is 2. The van der Waals surface area contributed by atoms with Crippen LogP contribution in [0, 0.1) is 27.7 Å². The Bertz CT molecular complexity index is 1270. The summed E-state index contributed by atoms with van der Waals surface area (Å²) in [6.07, 6.45) is 5.86. The Morgan fingerprint density at radius 2 is 1.74 bits per heavy atom. The molecule has 6 nitrogen and oxygen atoms in total. The number of amides is 1. The zero-order valence-corrected chi connectivity index (χ0v) is 25.8. The number of hydrogen-bond acceptors (Lipinski definition) is 5. The molecule has 8 heteroatoms. The van der Waals surface area contributed by atoms with Crippen LogP contribution in [-0.2, 0) is 11.4 Å². The highest BCUT2D eigenvalue weighted by Crippen LogP contribution is 2.35. The number of thioether (sulfide) groups is 1. The molecular weight excluding hydrogens is 560 g/mol. The quantitative estimate of drug-likeness (QED) is 0.251. The van der Waals surface area contributed by atoms with Crippen molar-refractivity contribution < 1.29 is 9.53 Å². The molecule has 0 bridgehead atoms. The Morgan fingerprint density at radius 1 is 1.05 bits per heavy atom. The molecule has 3 aromatic rings. The number of rotatable bonds is 9. The van der Waals surface area contributed by atoms with Gasteiger partial charge in [0, 0.05) is 16.2 Å². The molecule has 1 aliphatic carbocycles. The summed E-state index contributed by atoms with van der Waals surface area (Å²) in [7, 11) is 0. The number of nitrogens with zero attached hydrogens (tertiary/aromatic N) is 3. The van der Waals surface area contributed by atoms with E-state index in [-0.39, 0.29) is 11.7 Å². The standard InChI is InChI=1S/C30H39BrN4O2S/c1-18(2)24-15-25(31)20(4)14-26(24)37-16-27-33-34-30(35(27)23-10-8-7-9-11-23)38-17-28(36)32-29-21(5)12-19(3)13-22(29)6/h12-15,18,23H,7-11,16-17H2,1-6H3,(H,32,36). The molecule has 0 aliphatic heterocycles. The van der Waals surface area contributed by atoms with Gasteiger partial charge in [-0.2, -0.15) is 0 Å². The van der Waals surface area contributed by atoms with Crippen molar-refractivity contribution >= 4 is 39.3 Å². The van der Waals surface area contributed by atoms with E-state index in [1.807, 2.05) is 13.8 Å². The van der Waals surface area contributed by atoms with Crippen LogP contribution in [-0.4, -0.2) is 26.4 Å². The summed E-state index contributed by atoms with van der Waals surface area (Å²) in [6, 6.07) is 8.77. The van der Waals surface area contributed by atoms with E-state index in [0.717, 1.165) is 56.4 Å². The van der Waals surface area contributed by atoms with E-state index in [9.17, 15) is 4.79 Å². The van der Waals surface area contributed by atoms with Crippen LogP contribution in [0.5, 0.6) is 5.75 Å². The van der Waals surface area contributed by atoms with Crippen molar-refractivity contribution in [1.29, 1.82) is 0 Å². The van der Waals surface area contributed by atoms with Gasteiger partial charge in [0.2, 0.25) is 5.91 Å². The number of hydrogen-bond donors (Lipinski definition) is 1. The van der Waals surface area contributed by atoms with Crippen molar-refractivity contribution in [2.24, 2.45) is 0 Å². The van der Waals surface area contributed by atoms with Gasteiger partial charge in [-0.15, -0.1) is 10.2 Å². The number of carbonyl (C=O) groups excluding carboxylic acids is 1. The van der Waals surface area contributed by atoms with Crippen LogP contribution in [0.1, 0.15) is 91.6 Å². The molecule has 0 radical (unpaired) electrons. The minimum absolute atomic E-state index is 0.0343. The third-order valence-corrected chi connectivity index (χ3v) is 9.02. The number of carbonyl (C=O) groups is 1. The van der Waals surface area contributed by atoms with E-state index >= 15 is 0 Å². The van der Waals surface area contributed by atoms with Gasteiger partial charge in [0.25, 0.3) is 0 Å². The second kappa shape index (κ2) is 12.7. The van der Waals surface area contributed by atoms with Crippen molar-refractivity contribution in [3.63, 3.8) is 0 Å². The number of ether oxygens (including phenoxy) is 1. The third kappa shape index (κ3) is 6.81. The Morgan fingerprint density at radius 3 is 2.39 bits per heavy atom. The summed E-state index contributed by atoms with van der Waals surface area (Å²) >= 11 is 5.11. The van der Waals surface area contributed by atoms with E-state index in [4.69, 9.17) is 4.74 Å². The lowest BCUT2D eigenvalue weighted by atomic mass is 9.95. The fraction of sp³-hybridized carbons (Fsp3) is 0.500. The van der Waals surface area contributed by atoms with E-state index in [1.165, 1.54) is 42.2 Å². The van der Waals surface area contributed by atoms with Crippen molar-refractivity contribution in [3.05, 3.63) is 62.4 Å². The van der Waals surface area contributed by atoms with Crippen LogP contribution in [0.3, 0.4) is 0 Å². The summed E-state index contributed by atoms with van der Waals surface area (Å²) in [6.45, 7) is 12.9. The number of aromatic nitrogens is 3. The molecule has 1 N–H and O–H groups in total. The average molecular weight is 600 g/mol. The topological polar surface area (TPSA) is 69.0 Å². The molecule has 1 aliphatic rings. The summed E-state index contributed by atoms with van der Waals surface area (Å²) < 4.78 is 9.70. The first-order valence-corrected chi connectivity index (χ1v) is 15.3. The Balaban J connectivity index is 1.51. The van der Waals surface area contributed by atoms with Crippen molar-refractivity contribution in [2.75, 3.05) is 11.1 Å². The van der Waals surface area contributed by atoms with E-state index in [0.29, 0.717) is 18.6 Å². The Hall–Kier alpha value is -2.32. The molecule has 1 amide bonds. The highest BCUT2D eigenvalue weighted by atomic mass is 79.9. The number of nitrogens with one attached hydrogen (secondary N) is 1. The molecule has 1 heterocycles. The number of aryl methyl sites for hydroxylation is 4. The van der Waals surface area contributed by atoms with Crippen molar-refractivity contribution in [3.8, 4) is 5.75 Å². The van der Waals surface area contributed by atoms with Gasteiger partial charge < -0.3 is 10.1 Å². The van der Waals surface area contributed by atoms with Gasteiger partial charge in [0.05, 0.1) is 5.75 Å². The lowest BCUT2D eigenvalue weighted by molar-refractivity contribution is -0.113. The van der Waals surface area contributed by atoms with Gasteiger partial charge in [-0.05, 0) is 80.8 Å². The highest BCUT2D eigenvalue weighted by molar-refractivity contribution is 9.10. The second-order valence-electron chi connectivity index (χ2n) is 10.8. The van der Waals surface area contributed by atoms with Gasteiger partial charge >= 0.3 is 0 Å². The summed E-state index contributed by atoms with van der Waals surface area (Å²) in [5, 5.41) is 13.0. The maximum atomic E-state index is 12.9. The Labute approximate surface area is 239 Å². The van der Waals surface area contributed by atoms with Crippen LogP contribution in [0.25, 0.3) is 0 Å². The fourth-order valence-corrected chi connectivity index (χ4v) is 6.47. The van der Waals surface area contributed by atoms with Crippen LogP contribution in [0.15, 0.2) is 33.9 Å². The van der Waals surface area contributed by atoms with Gasteiger partial charge in [0.1, 0.15) is 12.4 Å². The maximum Gasteiger partial charge on any atom is 0.234 e. The molecule has 0 atom stereocenters. The summed E-state index contributed by atoms with van der Waals surface area (Å²) in [4.78, 5) is 12.9. The molecule has 2 aromatic carbocycles. The Kier molecular flexibility index (Phi) is 9.58. The summed E-state index contributed by atoms with van der Waals surface area (Å²) in [5.41, 5.74) is 6.55. The smallest absolute Gasteiger partial charge is 0.234 e. The molecular formula is C30H39BrN4O2S. The monoisotopic (exact) mass is 598 g/mol. The fourth-order valence-electron chi connectivity index (χ4n) is 5.28. The van der Waals surface area contributed by atoms with Crippen molar-refractivity contribution in [2.45, 2.75) is 97.4 Å². The zero-order valence-electron chi connectivity index (χ0n) is 23.4. The SMILES string of the molecule is Cc1cc(C)c(NC(=O)CSc2nnc(COc3cc(C)c(Br)cc3C(C)C)n2C2CCCCC2)c(C)c1. The molecule has 1 saturated carbocycles. The molecule has 204 valence electrons. The highest BCUT2D eigenvalue weighted by Gasteiger charge is 2.24. The first-order chi connectivity index (χ1) is 18.1. The van der Waals surface area contributed by atoms with Gasteiger partial charge in [-0.3, -0.25) is 9.36 Å². The third-order valence-electron chi connectivity index (χ3n) is 7.22. The number of halogens is 1. The maximum absolute atomic E-state index is 12.9. The second-order valence-corrected chi connectivity index (χ2v) is 12.6. The van der Waals surface area contributed by atoms with E-state index in [1.54, 1.807) is 0 Å². The van der Waals surface area contributed by atoms with Crippen LogP contribution in [0.4, 0.5) is 5.69 Å². The molecule has 4 rings (SSSR count). The zero-order chi connectivity index (χ0) is 27.4. The normalized spacial score (nSPS) is 14.2. The molecule has 1 fully saturated rings. The van der Waals surface area contributed by atoms with Crippen LogP contribution >= 0.6 is 27.7 Å². The molecule has 0 spiro atoms. The largest absolute Gasteiger partial charge is 0.485 e. The summed E-state index contributed by atoms with van der Waals surface area (Å²) in [5.74, 6) is 2.29. The molecule has 1 aromatic heterocycles. The van der Waals surface area contributed by atoms with Gasteiger partial charge in [0.15, 0.2) is 11.0 Å². The van der Waals surface area contributed by atoms with Crippen LogP contribution in [0.2, 0.25) is 0 Å². The predicted molar refractivity (Wildman–Crippen MR) is 159 cm³/mol. The average Bonchev–Trinajstić information content (AvgIpc) is 3.28. The number of anilines is 1. The van der Waals surface area contributed by atoms with Crippen molar-refractivity contribution in [1.82, 2.24) is 14.8 Å². The minimum atomic E-state index is -0.0343. The van der Waals surface area contributed by atoms with Gasteiger partial charge in [-0.1, -0.05) is 78.5 Å².